The van der Waals surface area contributed by atoms with Crippen LogP contribution in [-0.2, 0) is 0 Å². The predicted molar refractivity (Wildman–Crippen MR) is 63.1 cm³/mol. The van der Waals surface area contributed by atoms with Crippen molar-refractivity contribution in [2.75, 3.05) is 0 Å². The second kappa shape index (κ2) is 3.55. The molecule has 17 heavy (non-hydrogen) atoms. The highest BCUT2D eigenvalue weighted by Gasteiger charge is 2.16. The Morgan fingerprint density at radius 1 is 1.35 bits per heavy atom. The molecule has 3 aromatic heterocycles. The fourth-order valence-electron chi connectivity index (χ4n) is 1.80. The number of pyridine rings is 1. The zero-order valence-corrected chi connectivity index (χ0v) is 9.12. The molecule has 5 heteroatoms. The van der Waals surface area contributed by atoms with E-state index in [2.05, 4.69) is 10.2 Å². The third kappa shape index (κ3) is 1.44. The number of nitroso groups, excluding NO2 is 1. The Bertz CT molecular complexity index is 683. The van der Waals surface area contributed by atoms with Crippen molar-refractivity contribution in [3.05, 3.63) is 47.2 Å². The molecule has 0 spiro atoms. The first kappa shape index (κ1) is 9.77. The van der Waals surface area contributed by atoms with Gasteiger partial charge in [-0.2, -0.15) is 0 Å². The highest BCUT2D eigenvalue weighted by Crippen LogP contribution is 2.31. The maximum absolute atomic E-state index is 11.0. The summed E-state index contributed by atoms with van der Waals surface area (Å²) in [4.78, 5) is 15.3. The number of aryl methyl sites for hydroxylation is 1. The normalized spacial score (nSPS) is 10.9. The predicted octanol–water partition coefficient (Wildman–Crippen LogP) is 3.30. The van der Waals surface area contributed by atoms with Crippen molar-refractivity contribution in [1.82, 2.24) is 9.38 Å². The van der Waals surface area contributed by atoms with Crippen LogP contribution < -0.4 is 0 Å². The SMILES string of the molecule is Cc1ccc2nc(-c3ccco3)c(N=O)n2c1. The van der Waals surface area contributed by atoms with Gasteiger partial charge in [0.25, 0.3) is 0 Å². The van der Waals surface area contributed by atoms with Gasteiger partial charge in [0, 0.05) is 6.20 Å². The summed E-state index contributed by atoms with van der Waals surface area (Å²) in [7, 11) is 0. The number of imidazole rings is 1. The van der Waals surface area contributed by atoms with E-state index in [4.69, 9.17) is 4.42 Å². The minimum atomic E-state index is 0.263. The van der Waals surface area contributed by atoms with Crippen LogP contribution in [-0.4, -0.2) is 9.38 Å². The topological polar surface area (TPSA) is 59.9 Å². The molecule has 5 nitrogen and oxygen atoms in total. The van der Waals surface area contributed by atoms with Crippen LogP contribution in [0.4, 0.5) is 5.82 Å². The maximum Gasteiger partial charge on any atom is 0.212 e. The first-order valence-corrected chi connectivity index (χ1v) is 5.15. The van der Waals surface area contributed by atoms with Gasteiger partial charge in [0.2, 0.25) is 5.82 Å². The number of aromatic nitrogens is 2. The van der Waals surface area contributed by atoms with E-state index in [0.29, 0.717) is 17.1 Å². The Morgan fingerprint density at radius 2 is 2.24 bits per heavy atom. The lowest BCUT2D eigenvalue weighted by Gasteiger charge is -1.95. The van der Waals surface area contributed by atoms with Gasteiger partial charge in [-0.05, 0) is 35.9 Å². The minimum absolute atomic E-state index is 0.263. The summed E-state index contributed by atoms with van der Waals surface area (Å²) >= 11 is 0. The molecule has 0 aromatic carbocycles. The van der Waals surface area contributed by atoms with E-state index in [1.807, 2.05) is 25.3 Å². The van der Waals surface area contributed by atoms with Gasteiger partial charge in [-0.15, -0.1) is 4.91 Å². The van der Waals surface area contributed by atoms with E-state index in [1.54, 1.807) is 22.8 Å². The second-order valence-electron chi connectivity index (χ2n) is 3.79. The van der Waals surface area contributed by atoms with Crippen molar-refractivity contribution in [3.8, 4) is 11.5 Å². The third-order valence-electron chi connectivity index (χ3n) is 2.58. The summed E-state index contributed by atoms with van der Waals surface area (Å²) in [6.45, 7) is 1.95. The molecule has 0 bridgehead atoms. The van der Waals surface area contributed by atoms with Crippen molar-refractivity contribution in [1.29, 1.82) is 0 Å². The molecule has 0 aliphatic rings. The molecule has 3 rings (SSSR count). The third-order valence-corrected chi connectivity index (χ3v) is 2.58. The van der Waals surface area contributed by atoms with Gasteiger partial charge in [0.15, 0.2) is 11.5 Å². The second-order valence-corrected chi connectivity index (χ2v) is 3.79. The van der Waals surface area contributed by atoms with E-state index in [0.717, 1.165) is 5.56 Å². The van der Waals surface area contributed by atoms with Crippen LogP contribution in [0.15, 0.2) is 46.3 Å². The van der Waals surface area contributed by atoms with Gasteiger partial charge in [0.1, 0.15) is 5.65 Å². The summed E-state index contributed by atoms with van der Waals surface area (Å²) in [5, 5.41) is 3.05. The van der Waals surface area contributed by atoms with Crippen LogP contribution in [0.25, 0.3) is 17.1 Å². The Kier molecular flexibility index (Phi) is 2.04. The molecule has 0 radical (unpaired) electrons. The number of nitrogens with zero attached hydrogens (tertiary/aromatic N) is 3. The summed E-state index contributed by atoms with van der Waals surface area (Å²) in [6, 6.07) is 7.28. The van der Waals surface area contributed by atoms with E-state index < -0.39 is 0 Å². The van der Waals surface area contributed by atoms with Crippen LogP contribution in [0, 0.1) is 11.8 Å². The fraction of sp³-hybridized carbons (Fsp3) is 0.0833. The van der Waals surface area contributed by atoms with Gasteiger partial charge >= 0.3 is 0 Å². The maximum atomic E-state index is 11.0. The van der Waals surface area contributed by atoms with Crippen molar-refractivity contribution in [3.63, 3.8) is 0 Å². The highest BCUT2D eigenvalue weighted by molar-refractivity contribution is 5.71. The smallest absolute Gasteiger partial charge is 0.212 e. The van der Waals surface area contributed by atoms with Crippen LogP contribution in [0.5, 0.6) is 0 Å². The van der Waals surface area contributed by atoms with Crippen molar-refractivity contribution < 1.29 is 4.42 Å². The standard InChI is InChI=1S/C12H9N3O2/c1-8-4-5-10-13-11(9-3-2-6-17-9)12(14-16)15(10)7-8/h2-7H,1H3. The van der Waals surface area contributed by atoms with Gasteiger partial charge in [-0.1, -0.05) is 6.07 Å². The molecule has 0 amide bonds. The molecule has 3 aromatic rings. The van der Waals surface area contributed by atoms with E-state index in [-0.39, 0.29) is 5.82 Å². The molecular formula is C12H9N3O2. The van der Waals surface area contributed by atoms with E-state index >= 15 is 0 Å². The van der Waals surface area contributed by atoms with Crippen LogP contribution in [0.2, 0.25) is 0 Å². The Balaban J connectivity index is 2.36. The van der Waals surface area contributed by atoms with Crippen molar-refractivity contribution in [2.45, 2.75) is 6.92 Å². The zero-order valence-electron chi connectivity index (χ0n) is 9.12. The van der Waals surface area contributed by atoms with Gasteiger partial charge < -0.3 is 4.42 Å². The van der Waals surface area contributed by atoms with Crippen LogP contribution in [0.3, 0.4) is 0 Å². The molecular weight excluding hydrogens is 218 g/mol. The summed E-state index contributed by atoms with van der Waals surface area (Å²) in [5.74, 6) is 0.805. The summed E-state index contributed by atoms with van der Waals surface area (Å²) in [5.41, 5.74) is 2.18. The summed E-state index contributed by atoms with van der Waals surface area (Å²) < 4.78 is 6.91. The molecule has 0 saturated carbocycles. The van der Waals surface area contributed by atoms with Crippen LogP contribution in [0.1, 0.15) is 5.56 Å². The number of rotatable bonds is 2. The van der Waals surface area contributed by atoms with Crippen molar-refractivity contribution in [2.24, 2.45) is 5.18 Å². The molecule has 0 N–H and O–H groups in total. The lowest BCUT2D eigenvalue weighted by atomic mass is 10.3. The zero-order chi connectivity index (χ0) is 11.8. The Labute approximate surface area is 96.7 Å². The number of hydrogen-bond donors (Lipinski definition) is 0. The first-order valence-electron chi connectivity index (χ1n) is 5.15. The number of fused-ring (bicyclic) bond motifs is 1. The monoisotopic (exact) mass is 227 g/mol. The molecule has 0 unspecified atom stereocenters. The quantitative estimate of drug-likeness (QED) is 0.631. The molecule has 0 atom stereocenters. The molecule has 0 fully saturated rings. The molecule has 0 aliphatic heterocycles. The van der Waals surface area contributed by atoms with E-state index in [9.17, 15) is 4.91 Å². The minimum Gasteiger partial charge on any atom is -0.463 e. The molecule has 0 saturated heterocycles. The number of hydrogen-bond acceptors (Lipinski definition) is 4. The average Bonchev–Trinajstić information content (AvgIpc) is 2.94. The first-order chi connectivity index (χ1) is 8.29. The van der Waals surface area contributed by atoms with Gasteiger partial charge in [-0.25, -0.2) is 4.98 Å². The van der Waals surface area contributed by atoms with Crippen molar-refractivity contribution >= 4 is 11.5 Å². The van der Waals surface area contributed by atoms with Gasteiger partial charge in [-0.3, -0.25) is 4.40 Å². The van der Waals surface area contributed by atoms with E-state index in [1.165, 1.54) is 0 Å². The number of furan rings is 1. The average molecular weight is 227 g/mol. The Hall–Kier alpha value is -2.43. The largest absolute Gasteiger partial charge is 0.463 e. The van der Waals surface area contributed by atoms with Gasteiger partial charge in [0.05, 0.1) is 6.26 Å². The fourth-order valence-corrected chi connectivity index (χ4v) is 1.80. The summed E-state index contributed by atoms with van der Waals surface area (Å²) in [6.07, 6.45) is 3.37. The Morgan fingerprint density at radius 3 is 2.94 bits per heavy atom. The molecule has 84 valence electrons. The lowest BCUT2D eigenvalue weighted by molar-refractivity contribution is 0.580. The molecule has 0 aliphatic carbocycles. The van der Waals surface area contributed by atoms with Crippen LogP contribution >= 0.6 is 0 Å². The molecule has 3 heterocycles. The highest BCUT2D eigenvalue weighted by atomic mass is 16.3. The lowest BCUT2D eigenvalue weighted by Crippen LogP contribution is -1.84.